The first-order valence-electron chi connectivity index (χ1n) is 10.9. The highest BCUT2D eigenvalue weighted by Gasteiger charge is 2.31. The first-order valence-corrected chi connectivity index (χ1v) is 12.5. The van der Waals surface area contributed by atoms with E-state index in [1.165, 1.54) is 17.7 Å². The fourth-order valence-electron chi connectivity index (χ4n) is 3.73. The molecule has 1 aromatic heterocycles. The van der Waals surface area contributed by atoms with Crippen molar-refractivity contribution in [3.8, 4) is 5.75 Å². The van der Waals surface area contributed by atoms with Gasteiger partial charge in [-0.2, -0.15) is 0 Å². The number of carboxylic acid groups (broad SMARTS) is 1. The molecule has 0 unspecified atom stereocenters. The number of benzene rings is 2. The maximum Gasteiger partial charge on any atom is 0.339 e. The smallest absolute Gasteiger partial charge is 0.339 e. The van der Waals surface area contributed by atoms with Crippen LogP contribution in [0.4, 0.5) is 0 Å². The fraction of sp³-hybridized carbons (Fsp3) is 0.333. The molecular weight excluding hydrogens is 458 g/mol. The Kier molecular flexibility index (Phi) is 7.95. The first kappa shape index (κ1) is 25.3. The number of likely N-dealkylation sites (N-methyl/N-ethyl adjacent to an activating group) is 1. The molecule has 1 saturated heterocycles. The standard InChI is InChI=1S/C17H23N3O3S.C7H6O3/c1-19(2)9-7-14-11-18-16-6-5-13(10-15(14)16)12-24(22,23)20-8-3-4-17(20)21;8-6-4-2-1-3-5(6)7(9)10/h5-6,10-11,18H,3-4,7-9,12H2,1-2H3;1-4,8H,(H,9,10). The van der Waals surface area contributed by atoms with Gasteiger partial charge in [0.05, 0.1) is 5.75 Å². The zero-order chi connectivity index (χ0) is 24.9. The summed E-state index contributed by atoms with van der Waals surface area (Å²) in [6.45, 7) is 1.24. The van der Waals surface area contributed by atoms with Gasteiger partial charge in [0.25, 0.3) is 0 Å². The number of aromatic hydroxyl groups is 1. The van der Waals surface area contributed by atoms with Crippen LogP contribution in [0.2, 0.25) is 0 Å². The van der Waals surface area contributed by atoms with Gasteiger partial charge < -0.3 is 20.1 Å². The predicted molar refractivity (Wildman–Crippen MR) is 129 cm³/mol. The normalized spacial score (nSPS) is 13.9. The molecule has 10 heteroatoms. The third-order valence-electron chi connectivity index (χ3n) is 5.51. The summed E-state index contributed by atoms with van der Waals surface area (Å²) < 4.78 is 26.0. The van der Waals surface area contributed by atoms with Gasteiger partial charge in [-0.3, -0.25) is 4.79 Å². The molecule has 0 bridgehead atoms. The molecule has 1 amide bonds. The first-order chi connectivity index (χ1) is 16.1. The van der Waals surface area contributed by atoms with E-state index in [0.717, 1.165) is 28.2 Å². The van der Waals surface area contributed by atoms with Gasteiger partial charge in [-0.05, 0) is 62.3 Å². The average Bonchev–Trinajstić information content (AvgIpc) is 3.38. The van der Waals surface area contributed by atoms with Crippen molar-refractivity contribution in [3.05, 3.63) is 65.4 Å². The summed E-state index contributed by atoms with van der Waals surface area (Å²) in [5, 5.41) is 18.4. The van der Waals surface area contributed by atoms with Crippen LogP contribution in [0.1, 0.15) is 34.3 Å². The Morgan fingerprint density at radius 1 is 1.18 bits per heavy atom. The van der Waals surface area contributed by atoms with Gasteiger partial charge in [0.1, 0.15) is 11.3 Å². The van der Waals surface area contributed by atoms with E-state index in [2.05, 4.69) is 9.88 Å². The SMILES string of the molecule is CN(C)CCc1c[nH]c2ccc(CS(=O)(=O)N3CCCC3=O)cc12.O=C(O)c1ccccc1O. The van der Waals surface area contributed by atoms with Crippen LogP contribution in [0.25, 0.3) is 10.9 Å². The number of fused-ring (bicyclic) bond motifs is 1. The molecule has 1 aliphatic rings. The molecule has 0 spiro atoms. The minimum Gasteiger partial charge on any atom is -0.507 e. The molecule has 0 saturated carbocycles. The van der Waals surface area contributed by atoms with E-state index in [0.29, 0.717) is 24.9 Å². The number of nitrogens with zero attached hydrogens (tertiary/aromatic N) is 2. The minimum absolute atomic E-state index is 0.0671. The number of hydrogen-bond acceptors (Lipinski definition) is 6. The molecule has 2 heterocycles. The van der Waals surface area contributed by atoms with Crippen LogP contribution in [0.3, 0.4) is 0 Å². The molecule has 4 rings (SSSR count). The number of aromatic amines is 1. The number of carbonyl (C=O) groups is 2. The summed E-state index contributed by atoms with van der Waals surface area (Å²) in [7, 11) is 0.468. The molecule has 182 valence electrons. The highest BCUT2D eigenvalue weighted by atomic mass is 32.2. The molecule has 3 aromatic rings. The molecule has 9 nitrogen and oxygen atoms in total. The molecule has 0 atom stereocenters. The number of nitrogens with one attached hydrogen (secondary N) is 1. The highest BCUT2D eigenvalue weighted by molar-refractivity contribution is 7.88. The molecule has 0 aliphatic carbocycles. The number of carbonyl (C=O) groups excluding carboxylic acids is 1. The number of amides is 1. The zero-order valence-electron chi connectivity index (χ0n) is 19.2. The second-order valence-electron chi connectivity index (χ2n) is 8.40. The largest absolute Gasteiger partial charge is 0.507 e. The van der Waals surface area contributed by atoms with Crippen LogP contribution in [0, 0.1) is 0 Å². The van der Waals surface area contributed by atoms with Crippen LogP contribution in [-0.4, -0.2) is 71.9 Å². The van der Waals surface area contributed by atoms with Crippen molar-refractivity contribution in [2.75, 3.05) is 27.2 Å². The Morgan fingerprint density at radius 2 is 1.91 bits per heavy atom. The van der Waals surface area contributed by atoms with Crippen LogP contribution in [-0.2, 0) is 27.0 Å². The van der Waals surface area contributed by atoms with Crippen molar-refractivity contribution in [2.24, 2.45) is 0 Å². The number of carboxylic acids is 1. The summed E-state index contributed by atoms with van der Waals surface area (Å²) in [6.07, 6.45) is 3.82. The monoisotopic (exact) mass is 487 g/mol. The average molecular weight is 488 g/mol. The second-order valence-corrected chi connectivity index (χ2v) is 10.3. The maximum atomic E-state index is 12.5. The Morgan fingerprint density at radius 3 is 2.50 bits per heavy atom. The summed E-state index contributed by atoms with van der Waals surface area (Å²) >= 11 is 0. The van der Waals surface area contributed by atoms with Gasteiger partial charge in [0, 0.05) is 36.6 Å². The topological polar surface area (TPSA) is 131 Å². The Hall–Kier alpha value is -3.37. The van der Waals surface area contributed by atoms with Crippen molar-refractivity contribution >= 4 is 32.8 Å². The lowest BCUT2D eigenvalue weighted by Crippen LogP contribution is -2.32. The van der Waals surface area contributed by atoms with Gasteiger partial charge in [-0.1, -0.05) is 18.2 Å². The van der Waals surface area contributed by atoms with Crippen molar-refractivity contribution < 1.29 is 28.2 Å². The molecule has 3 N–H and O–H groups in total. The van der Waals surface area contributed by atoms with Crippen LogP contribution in [0.15, 0.2) is 48.7 Å². The number of aromatic nitrogens is 1. The zero-order valence-corrected chi connectivity index (χ0v) is 20.0. The Bertz CT molecular complexity index is 1280. The number of rotatable bonds is 7. The molecule has 0 radical (unpaired) electrons. The molecule has 1 aliphatic heterocycles. The molecule has 34 heavy (non-hydrogen) atoms. The Labute approximate surface area is 198 Å². The highest BCUT2D eigenvalue weighted by Crippen LogP contribution is 2.24. The van der Waals surface area contributed by atoms with E-state index in [4.69, 9.17) is 10.2 Å². The molecule has 2 aromatic carbocycles. The maximum absolute atomic E-state index is 12.5. The van der Waals surface area contributed by atoms with Crippen LogP contribution >= 0.6 is 0 Å². The lowest BCUT2D eigenvalue weighted by Gasteiger charge is -2.16. The summed E-state index contributed by atoms with van der Waals surface area (Å²) in [5.41, 5.74) is 2.83. The fourth-order valence-corrected chi connectivity index (χ4v) is 5.29. The summed E-state index contributed by atoms with van der Waals surface area (Å²) in [5.74, 6) is -1.73. The quantitative estimate of drug-likeness (QED) is 0.467. The third kappa shape index (κ3) is 6.15. The van der Waals surface area contributed by atoms with E-state index >= 15 is 0 Å². The Balaban J connectivity index is 0.000000271. The van der Waals surface area contributed by atoms with Gasteiger partial charge in [0.15, 0.2) is 0 Å². The van der Waals surface area contributed by atoms with Gasteiger partial charge in [-0.25, -0.2) is 17.5 Å². The number of aromatic carboxylic acids is 1. The number of phenols is 1. The second kappa shape index (κ2) is 10.7. The van der Waals surface area contributed by atoms with E-state index in [1.807, 2.05) is 38.5 Å². The van der Waals surface area contributed by atoms with Crippen molar-refractivity contribution in [1.29, 1.82) is 0 Å². The lowest BCUT2D eigenvalue weighted by atomic mass is 10.1. The summed E-state index contributed by atoms with van der Waals surface area (Å²) in [4.78, 5) is 27.3. The van der Waals surface area contributed by atoms with Crippen molar-refractivity contribution in [1.82, 2.24) is 14.2 Å². The van der Waals surface area contributed by atoms with E-state index in [-0.39, 0.29) is 23.0 Å². The van der Waals surface area contributed by atoms with Crippen LogP contribution in [0.5, 0.6) is 5.75 Å². The number of para-hydroxylation sites is 1. The number of hydrogen-bond donors (Lipinski definition) is 3. The lowest BCUT2D eigenvalue weighted by molar-refractivity contribution is -0.123. The molecule has 1 fully saturated rings. The van der Waals surface area contributed by atoms with Crippen LogP contribution < -0.4 is 0 Å². The third-order valence-corrected chi connectivity index (χ3v) is 7.27. The van der Waals surface area contributed by atoms with Gasteiger partial charge in [-0.15, -0.1) is 0 Å². The van der Waals surface area contributed by atoms with Crippen molar-refractivity contribution in [2.45, 2.75) is 25.0 Å². The van der Waals surface area contributed by atoms with Gasteiger partial charge in [0.2, 0.25) is 15.9 Å². The van der Waals surface area contributed by atoms with E-state index < -0.39 is 16.0 Å². The molecular formula is C24H29N3O6S. The van der Waals surface area contributed by atoms with Crippen molar-refractivity contribution in [3.63, 3.8) is 0 Å². The number of sulfonamides is 1. The minimum atomic E-state index is -3.59. The van der Waals surface area contributed by atoms with Gasteiger partial charge >= 0.3 is 5.97 Å². The number of H-pyrrole nitrogens is 1. The van der Waals surface area contributed by atoms with E-state index in [1.54, 1.807) is 12.1 Å². The summed E-state index contributed by atoms with van der Waals surface area (Å²) in [6, 6.07) is 11.5. The van der Waals surface area contributed by atoms with E-state index in [9.17, 15) is 18.0 Å². The predicted octanol–water partition coefficient (Wildman–Crippen LogP) is 2.81.